The van der Waals surface area contributed by atoms with Gasteiger partial charge in [0.2, 0.25) is 0 Å². The summed E-state index contributed by atoms with van der Waals surface area (Å²) in [6.45, 7) is 1.82. The minimum absolute atomic E-state index is 0.498. The van der Waals surface area contributed by atoms with Crippen LogP contribution in [0.25, 0.3) is 0 Å². The van der Waals surface area contributed by atoms with E-state index in [1.54, 1.807) is 30.1 Å². The quantitative estimate of drug-likeness (QED) is 0.795. The van der Waals surface area contributed by atoms with Crippen LogP contribution in [0.15, 0.2) is 18.2 Å². The molecule has 1 atom stereocenters. The summed E-state index contributed by atoms with van der Waals surface area (Å²) in [6, 6.07) is 4.42. The molecule has 1 unspecified atom stereocenters. The second-order valence-corrected chi connectivity index (χ2v) is 4.01. The Kier molecular flexibility index (Phi) is 4.01. The van der Waals surface area contributed by atoms with Gasteiger partial charge in [0.05, 0.1) is 11.4 Å². The Morgan fingerprint density at radius 2 is 2.25 bits per heavy atom. The zero-order valence-electron chi connectivity index (χ0n) is 9.27. The van der Waals surface area contributed by atoms with Crippen LogP contribution in [-0.4, -0.2) is 24.2 Å². The maximum atomic E-state index is 11.0. The number of anilines is 2. The maximum absolute atomic E-state index is 11.0. The molecule has 0 spiro atoms. The first kappa shape index (κ1) is 12.6. The van der Waals surface area contributed by atoms with Crippen molar-refractivity contribution in [3.8, 4) is 0 Å². The van der Waals surface area contributed by atoms with Crippen molar-refractivity contribution in [3.63, 3.8) is 0 Å². The highest BCUT2D eigenvalue weighted by Gasteiger charge is 2.22. The molecule has 3 N–H and O–H groups in total. The normalized spacial score (nSPS) is 12.2. The van der Waals surface area contributed by atoms with E-state index in [-0.39, 0.29) is 0 Å². The number of halogens is 1. The van der Waals surface area contributed by atoms with Crippen molar-refractivity contribution in [1.29, 1.82) is 0 Å². The third-order valence-corrected chi connectivity index (χ3v) is 2.75. The van der Waals surface area contributed by atoms with Gasteiger partial charge in [-0.05, 0) is 24.6 Å². The zero-order chi connectivity index (χ0) is 12.3. The highest BCUT2D eigenvalue weighted by Crippen LogP contribution is 2.27. The number of hydrogen-bond acceptors (Lipinski definition) is 3. The number of nitrogens with zero attached hydrogens (tertiary/aromatic N) is 1. The van der Waals surface area contributed by atoms with Gasteiger partial charge >= 0.3 is 5.97 Å². The van der Waals surface area contributed by atoms with Crippen LogP contribution in [0, 0.1) is 0 Å². The summed E-state index contributed by atoms with van der Waals surface area (Å²) in [5.41, 5.74) is 6.95. The molecule has 0 aliphatic carbocycles. The van der Waals surface area contributed by atoms with E-state index in [0.717, 1.165) is 0 Å². The van der Waals surface area contributed by atoms with E-state index in [9.17, 15) is 4.79 Å². The lowest BCUT2D eigenvalue weighted by molar-refractivity contribution is -0.138. The molecule has 16 heavy (non-hydrogen) atoms. The van der Waals surface area contributed by atoms with Crippen molar-refractivity contribution in [2.45, 2.75) is 19.4 Å². The molecule has 0 bridgehead atoms. The van der Waals surface area contributed by atoms with Crippen LogP contribution in [0.2, 0.25) is 5.02 Å². The number of aliphatic carboxylic acids is 1. The first-order chi connectivity index (χ1) is 7.47. The van der Waals surface area contributed by atoms with E-state index in [4.69, 9.17) is 22.4 Å². The van der Waals surface area contributed by atoms with Crippen LogP contribution in [0.4, 0.5) is 11.4 Å². The number of carboxylic acid groups (broad SMARTS) is 1. The van der Waals surface area contributed by atoms with E-state index >= 15 is 0 Å². The molecule has 0 aliphatic rings. The molecule has 0 amide bonds. The Balaban J connectivity index is 3.07. The van der Waals surface area contributed by atoms with Crippen molar-refractivity contribution in [1.82, 2.24) is 0 Å². The van der Waals surface area contributed by atoms with Gasteiger partial charge in [0.15, 0.2) is 0 Å². The van der Waals surface area contributed by atoms with Gasteiger partial charge in [0.1, 0.15) is 6.04 Å². The summed E-state index contributed by atoms with van der Waals surface area (Å²) in [4.78, 5) is 12.7. The minimum atomic E-state index is -0.871. The Morgan fingerprint density at radius 3 is 2.75 bits per heavy atom. The number of nitrogen functional groups attached to an aromatic ring is 1. The average Bonchev–Trinajstić information content (AvgIpc) is 2.22. The van der Waals surface area contributed by atoms with Crippen LogP contribution < -0.4 is 10.6 Å². The molecule has 0 aliphatic heterocycles. The van der Waals surface area contributed by atoms with Gasteiger partial charge in [-0.2, -0.15) is 0 Å². The molecule has 0 saturated carbocycles. The highest BCUT2D eigenvalue weighted by molar-refractivity contribution is 6.31. The molecule has 0 fully saturated rings. The van der Waals surface area contributed by atoms with Crippen molar-refractivity contribution >= 4 is 28.9 Å². The number of rotatable bonds is 4. The number of nitrogens with two attached hydrogens (primary N) is 1. The Morgan fingerprint density at radius 1 is 1.62 bits per heavy atom. The summed E-state index contributed by atoms with van der Waals surface area (Å²) in [6.07, 6.45) is 0.498. The second-order valence-electron chi connectivity index (χ2n) is 3.58. The molecule has 1 aromatic rings. The second kappa shape index (κ2) is 5.07. The zero-order valence-corrected chi connectivity index (χ0v) is 10.0. The third kappa shape index (κ3) is 2.58. The summed E-state index contributed by atoms with van der Waals surface area (Å²) in [7, 11) is 1.70. The molecule has 4 nitrogen and oxygen atoms in total. The average molecular weight is 243 g/mol. The van der Waals surface area contributed by atoms with Crippen LogP contribution >= 0.6 is 11.6 Å². The largest absolute Gasteiger partial charge is 0.480 e. The summed E-state index contributed by atoms with van der Waals surface area (Å²) < 4.78 is 0. The predicted molar refractivity (Wildman–Crippen MR) is 66.0 cm³/mol. The Hall–Kier alpha value is -1.42. The lowest BCUT2D eigenvalue weighted by atomic mass is 10.1. The van der Waals surface area contributed by atoms with Gasteiger partial charge in [-0.25, -0.2) is 4.79 Å². The van der Waals surface area contributed by atoms with E-state index in [2.05, 4.69) is 0 Å². The van der Waals surface area contributed by atoms with Crippen molar-refractivity contribution in [2.24, 2.45) is 0 Å². The van der Waals surface area contributed by atoms with E-state index in [1.165, 1.54) is 0 Å². The monoisotopic (exact) mass is 242 g/mol. The fraction of sp³-hybridized carbons (Fsp3) is 0.364. The van der Waals surface area contributed by atoms with Crippen LogP contribution in [0.5, 0.6) is 0 Å². The van der Waals surface area contributed by atoms with Gasteiger partial charge in [0, 0.05) is 12.1 Å². The SMILES string of the molecule is CCC(C(=O)O)N(C)c1cc(Cl)ccc1N. The van der Waals surface area contributed by atoms with Crippen LogP contribution in [0.3, 0.4) is 0 Å². The van der Waals surface area contributed by atoms with Crippen molar-refractivity contribution in [3.05, 3.63) is 23.2 Å². The lowest BCUT2D eigenvalue weighted by Crippen LogP contribution is -2.38. The van der Waals surface area contributed by atoms with E-state index < -0.39 is 12.0 Å². The molecular formula is C11H15ClN2O2. The topological polar surface area (TPSA) is 66.6 Å². The van der Waals surface area contributed by atoms with Crippen LogP contribution in [0.1, 0.15) is 13.3 Å². The first-order valence-electron chi connectivity index (χ1n) is 4.98. The molecule has 0 radical (unpaired) electrons. The molecule has 1 aromatic carbocycles. The molecule has 0 heterocycles. The molecule has 88 valence electrons. The van der Waals surface area contributed by atoms with Crippen molar-refractivity contribution in [2.75, 3.05) is 17.7 Å². The number of hydrogen-bond donors (Lipinski definition) is 2. The smallest absolute Gasteiger partial charge is 0.326 e. The number of benzene rings is 1. The molecular weight excluding hydrogens is 228 g/mol. The van der Waals surface area contributed by atoms with Crippen LogP contribution in [-0.2, 0) is 4.79 Å². The minimum Gasteiger partial charge on any atom is -0.480 e. The summed E-state index contributed by atoms with van der Waals surface area (Å²) >= 11 is 5.86. The predicted octanol–water partition coefficient (Wildman–Crippen LogP) is 2.22. The molecule has 0 saturated heterocycles. The third-order valence-electron chi connectivity index (χ3n) is 2.51. The number of carbonyl (C=O) groups is 1. The van der Waals surface area contributed by atoms with Gasteiger partial charge in [-0.15, -0.1) is 0 Å². The first-order valence-corrected chi connectivity index (χ1v) is 5.35. The maximum Gasteiger partial charge on any atom is 0.326 e. The summed E-state index contributed by atoms with van der Waals surface area (Å²) in [5, 5.41) is 9.59. The fourth-order valence-corrected chi connectivity index (χ4v) is 1.77. The summed E-state index contributed by atoms with van der Waals surface area (Å²) in [5.74, 6) is -0.871. The molecule has 0 aromatic heterocycles. The van der Waals surface area contributed by atoms with Crippen molar-refractivity contribution < 1.29 is 9.90 Å². The van der Waals surface area contributed by atoms with E-state index in [1.807, 2.05) is 6.92 Å². The number of likely N-dealkylation sites (N-methyl/N-ethyl adjacent to an activating group) is 1. The fourth-order valence-electron chi connectivity index (χ4n) is 1.60. The standard InChI is InChI=1S/C11H15ClN2O2/c1-3-9(11(15)16)14(2)10-6-7(12)4-5-8(10)13/h4-6,9H,3,13H2,1-2H3,(H,15,16). The highest BCUT2D eigenvalue weighted by atomic mass is 35.5. The Labute approximate surface area is 99.6 Å². The molecule has 5 heteroatoms. The van der Waals surface area contributed by atoms with Gasteiger partial charge < -0.3 is 15.7 Å². The lowest BCUT2D eigenvalue weighted by Gasteiger charge is -2.27. The van der Waals surface area contributed by atoms with E-state index in [0.29, 0.717) is 22.8 Å². The number of carboxylic acids is 1. The Bertz CT molecular complexity index is 396. The molecule has 1 rings (SSSR count). The van der Waals surface area contributed by atoms with Gasteiger partial charge in [-0.1, -0.05) is 18.5 Å². The van der Waals surface area contributed by atoms with Gasteiger partial charge in [-0.3, -0.25) is 0 Å². The van der Waals surface area contributed by atoms with Gasteiger partial charge in [0.25, 0.3) is 0 Å².